The molecule has 0 aliphatic heterocycles. The van der Waals surface area contributed by atoms with Crippen LogP contribution in [0.4, 0.5) is 10.1 Å². The van der Waals surface area contributed by atoms with Crippen molar-refractivity contribution in [1.29, 1.82) is 0 Å². The fourth-order valence-corrected chi connectivity index (χ4v) is 2.41. The van der Waals surface area contributed by atoms with Crippen LogP contribution in [-0.4, -0.2) is 0 Å². The van der Waals surface area contributed by atoms with Gasteiger partial charge < -0.3 is 5.32 Å². The van der Waals surface area contributed by atoms with Crippen molar-refractivity contribution in [2.24, 2.45) is 0 Å². The van der Waals surface area contributed by atoms with E-state index < -0.39 is 0 Å². The van der Waals surface area contributed by atoms with Gasteiger partial charge in [0.1, 0.15) is 5.82 Å². The minimum Gasteiger partial charge on any atom is -0.380 e. The molecule has 0 aliphatic rings. The molecule has 0 fully saturated rings. The van der Waals surface area contributed by atoms with Crippen LogP contribution >= 0.6 is 0 Å². The predicted octanol–water partition coefficient (Wildman–Crippen LogP) is 4.90. The molecule has 0 atom stereocenters. The Bertz CT molecular complexity index is 744. The smallest absolute Gasteiger partial charge is 0.128 e. The molecule has 0 saturated carbocycles. The Morgan fingerprint density at radius 1 is 0.950 bits per heavy atom. The monoisotopic (exact) mass is 265 g/mol. The van der Waals surface area contributed by atoms with Crippen molar-refractivity contribution in [3.8, 4) is 0 Å². The fourth-order valence-electron chi connectivity index (χ4n) is 2.41. The van der Waals surface area contributed by atoms with Crippen molar-refractivity contribution < 1.29 is 4.39 Å². The first-order valence-electron chi connectivity index (χ1n) is 6.71. The predicted molar refractivity (Wildman–Crippen MR) is 82.4 cm³/mol. The second-order valence-corrected chi connectivity index (χ2v) is 4.98. The Morgan fingerprint density at radius 3 is 2.65 bits per heavy atom. The van der Waals surface area contributed by atoms with Gasteiger partial charge in [-0.1, -0.05) is 54.1 Å². The van der Waals surface area contributed by atoms with Gasteiger partial charge in [0.15, 0.2) is 0 Å². The van der Waals surface area contributed by atoms with E-state index in [-0.39, 0.29) is 5.82 Å². The van der Waals surface area contributed by atoms with Gasteiger partial charge in [-0.3, -0.25) is 0 Å². The first kappa shape index (κ1) is 12.7. The highest BCUT2D eigenvalue weighted by atomic mass is 19.1. The summed E-state index contributed by atoms with van der Waals surface area (Å²) >= 11 is 0. The van der Waals surface area contributed by atoms with Gasteiger partial charge in [-0.2, -0.15) is 0 Å². The number of fused-ring (bicyclic) bond motifs is 1. The number of rotatable bonds is 3. The van der Waals surface area contributed by atoms with Crippen molar-refractivity contribution in [3.05, 3.63) is 77.6 Å². The van der Waals surface area contributed by atoms with Gasteiger partial charge in [-0.25, -0.2) is 4.39 Å². The molecular weight excluding hydrogens is 249 g/mol. The summed E-state index contributed by atoms with van der Waals surface area (Å²) in [5.41, 5.74) is 2.79. The van der Waals surface area contributed by atoms with Crippen molar-refractivity contribution in [3.63, 3.8) is 0 Å². The summed E-state index contributed by atoms with van der Waals surface area (Å²) in [4.78, 5) is 0. The summed E-state index contributed by atoms with van der Waals surface area (Å²) in [6.45, 7) is 2.46. The molecule has 0 aromatic heterocycles. The topological polar surface area (TPSA) is 12.0 Å². The quantitative estimate of drug-likeness (QED) is 0.710. The van der Waals surface area contributed by atoms with Crippen LogP contribution in [0.5, 0.6) is 0 Å². The fraction of sp³-hybridized carbons (Fsp3) is 0.111. The molecule has 100 valence electrons. The summed E-state index contributed by atoms with van der Waals surface area (Å²) in [7, 11) is 0. The molecule has 3 rings (SSSR count). The Balaban J connectivity index is 1.89. The van der Waals surface area contributed by atoms with Gasteiger partial charge in [0.25, 0.3) is 0 Å². The molecule has 3 aromatic carbocycles. The van der Waals surface area contributed by atoms with E-state index in [0.717, 1.165) is 16.6 Å². The van der Waals surface area contributed by atoms with Crippen LogP contribution in [0, 0.1) is 12.7 Å². The van der Waals surface area contributed by atoms with Crippen LogP contribution in [0.3, 0.4) is 0 Å². The molecule has 20 heavy (non-hydrogen) atoms. The molecule has 3 aromatic rings. The summed E-state index contributed by atoms with van der Waals surface area (Å²) in [5.74, 6) is -0.164. The summed E-state index contributed by atoms with van der Waals surface area (Å²) in [6, 6.07) is 19.5. The maximum Gasteiger partial charge on any atom is 0.128 e. The van der Waals surface area contributed by atoms with Crippen LogP contribution in [0.25, 0.3) is 10.8 Å². The van der Waals surface area contributed by atoms with E-state index in [1.54, 1.807) is 6.07 Å². The lowest BCUT2D eigenvalue weighted by atomic mass is 10.1. The van der Waals surface area contributed by atoms with Crippen LogP contribution in [-0.2, 0) is 6.54 Å². The molecule has 0 heterocycles. The Kier molecular flexibility index (Phi) is 3.38. The molecular formula is C18H16FN. The van der Waals surface area contributed by atoms with E-state index in [9.17, 15) is 4.39 Å². The highest BCUT2D eigenvalue weighted by Crippen LogP contribution is 2.23. The summed E-state index contributed by atoms with van der Waals surface area (Å²) in [5, 5.41) is 5.67. The maximum absolute atomic E-state index is 13.7. The number of halogens is 1. The number of aryl methyl sites for hydroxylation is 1. The lowest BCUT2D eigenvalue weighted by Crippen LogP contribution is -2.02. The van der Waals surface area contributed by atoms with E-state index >= 15 is 0 Å². The van der Waals surface area contributed by atoms with Crippen molar-refractivity contribution in [1.82, 2.24) is 0 Å². The Morgan fingerprint density at radius 2 is 1.75 bits per heavy atom. The van der Waals surface area contributed by atoms with Crippen molar-refractivity contribution >= 4 is 16.5 Å². The Labute approximate surface area is 118 Å². The van der Waals surface area contributed by atoms with Gasteiger partial charge in [0.2, 0.25) is 0 Å². The van der Waals surface area contributed by atoms with Crippen LogP contribution in [0.15, 0.2) is 60.7 Å². The normalized spacial score (nSPS) is 10.7. The highest BCUT2D eigenvalue weighted by Gasteiger charge is 2.04. The number of hydrogen-bond acceptors (Lipinski definition) is 1. The zero-order valence-electron chi connectivity index (χ0n) is 11.4. The SMILES string of the molecule is Cc1ccc(F)c(CNc2cccc3ccccc23)c1. The third kappa shape index (κ3) is 2.50. The lowest BCUT2D eigenvalue weighted by molar-refractivity contribution is 0.612. The minimum absolute atomic E-state index is 0.164. The molecule has 1 nitrogen and oxygen atoms in total. The van der Waals surface area contributed by atoms with E-state index in [1.165, 1.54) is 11.5 Å². The maximum atomic E-state index is 13.7. The minimum atomic E-state index is -0.164. The molecule has 0 saturated heterocycles. The first-order chi connectivity index (χ1) is 9.74. The van der Waals surface area contributed by atoms with Gasteiger partial charge in [0.05, 0.1) is 0 Å². The average molecular weight is 265 g/mol. The van der Waals surface area contributed by atoms with Crippen molar-refractivity contribution in [2.45, 2.75) is 13.5 Å². The molecule has 2 heteroatoms. The zero-order valence-corrected chi connectivity index (χ0v) is 11.4. The molecule has 0 unspecified atom stereocenters. The largest absolute Gasteiger partial charge is 0.380 e. The molecule has 0 spiro atoms. The summed E-state index contributed by atoms with van der Waals surface area (Å²) in [6.07, 6.45) is 0. The zero-order chi connectivity index (χ0) is 13.9. The standard InChI is InChI=1S/C18H16FN/c1-13-9-10-17(19)15(11-13)12-20-18-8-4-6-14-5-2-3-7-16(14)18/h2-11,20H,12H2,1H3. The van der Waals surface area contributed by atoms with Crippen LogP contribution in [0.1, 0.15) is 11.1 Å². The molecule has 0 bridgehead atoms. The molecule has 1 N–H and O–H groups in total. The van der Waals surface area contributed by atoms with E-state index in [2.05, 4.69) is 23.5 Å². The second-order valence-electron chi connectivity index (χ2n) is 4.98. The van der Waals surface area contributed by atoms with Gasteiger partial charge in [-0.15, -0.1) is 0 Å². The second kappa shape index (κ2) is 5.33. The molecule has 0 aliphatic carbocycles. The molecule has 0 radical (unpaired) electrons. The highest BCUT2D eigenvalue weighted by molar-refractivity contribution is 5.93. The number of hydrogen-bond donors (Lipinski definition) is 1. The number of anilines is 1. The van der Waals surface area contributed by atoms with Gasteiger partial charge >= 0.3 is 0 Å². The van der Waals surface area contributed by atoms with E-state index in [0.29, 0.717) is 12.1 Å². The molecule has 0 amide bonds. The third-order valence-corrected chi connectivity index (χ3v) is 3.46. The van der Waals surface area contributed by atoms with Gasteiger partial charge in [0, 0.05) is 23.2 Å². The number of nitrogens with one attached hydrogen (secondary N) is 1. The van der Waals surface area contributed by atoms with E-state index in [1.807, 2.05) is 37.3 Å². The summed E-state index contributed by atoms with van der Waals surface area (Å²) < 4.78 is 13.7. The van der Waals surface area contributed by atoms with Crippen molar-refractivity contribution in [2.75, 3.05) is 5.32 Å². The third-order valence-electron chi connectivity index (χ3n) is 3.46. The Hall–Kier alpha value is -2.35. The van der Waals surface area contributed by atoms with Gasteiger partial charge in [-0.05, 0) is 24.4 Å². The van der Waals surface area contributed by atoms with E-state index in [4.69, 9.17) is 0 Å². The first-order valence-corrected chi connectivity index (χ1v) is 6.71. The average Bonchev–Trinajstić information content (AvgIpc) is 2.48. The number of benzene rings is 3. The van der Waals surface area contributed by atoms with Crippen LogP contribution in [0.2, 0.25) is 0 Å². The lowest BCUT2D eigenvalue weighted by Gasteiger charge is -2.11. The van der Waals surface area contributed by atoms with Crippen LogP contribution < -0.4 is 5.32 Å².